The van der Waals surface area contributed by atoms with Crippen molar-refractivity contribution in [2.24, 2.45) is 7.05 Å². The third-order valence-corrected chi connectivity index (χ3v) is 4.71. The third-order valence-electron chi connectivity index (χ3n) is 3.65. The van der Waals surface area contributed by atoms with Gasteiger partial charge in [0.25, 0.3) is 0 Å². The highest BCUT2D eigenvalue weighted by atomic mass is 32.1. The van der Waals surface area contributed by atoms with Gasteiger partial charge in [0.2, 0.25) is 11.7 Å². The standard InChI is InChI=1S/C17H11N5O2S/c1-22-9-10(7-20-22)17-19-8-14(25-17)15(23)11(6-18)16-21-12-4-2-3-5-13(12)24-16/h2-5,7-9,11H,1H3/t11-/m1/s1. The number of nitrogens with zero attached hydrogens (tertiary/aromatic N) is 5. The van der Waals surface area contributed by atoms with Crippen LogP contribution < -0.4 is 0 Å². The number of nitriles is 1. The van der Waals surface area contributed by atoms with Crippen molar-refractivity contribution in [1.82, 2.24) is 19.7 Å². The Morgan fingerprint density at radius 2 is 2.20 bits per heavy atom. The van der Waals surface area contributed by atoms with E-state index >= 15 is 0 Å². The normalized spacial score (nSPS) is 12.2. The predicted octanol–water partition coefficient (Wildman–Crippen LogP) is 3.17. The maximum absolute atomic E-state index is 12.7. The van der Waals surface area contributed by atoms with Crippen molar-refractivity contribution in [2.75, 3.05) is 0 Å². The lowest BCUT2D eigenvalue weighted by molar-refractivity contribution is 0.0974. The number of hydrogen-bond acceptors (Lipinski definition) is 7. The number of benzene rings is 1. The Morgan fingerprint density at radius 1 is 1.36 bits per heavy atom. The Bertz CT molecular complexity index is 1080. The van der Waals surface area contributed by atoms with Crippen molar-refractivity contribution < 1.29 is 9.21 Å². The van der Waals surface area contributed by atoms with E-state index in [-0.39, 0.29) is 11.7 Å². The Morgan fingerprint density at radius 3 is 2.92 bits per heavy atom. The average Bonchev–Trinajstić information content (AvgIpc) is 3.33. The van der Waals surface area contributed by atoms with Crippen molar-refractivity contribution in [3.63, 3.8) is 0 Å². The molecular formula is C17H11N5O2S. The number of carbonyl (C=O) groups is 1. The Kier molecular flexibility index (Phi) is 3.63. The number of fused-ring (bicyclic) bond motifs is 1. The van der Waals surface area contributed by atoms with E-state index in [4.69, 9.17) is 4.42 Å². The van der Waals surface area contributed by atoms with Crippen LogP contribution in [-0.2, 0) is 7.05 Å². The van der Waals surface area contributed by atoms with Crippen LogP contribution in [0.4, 0.5) is 0 Å². The molecule has 1 atom stereocenters. The molecule has 0 aliphatic heterocycles. The molecule has 1 aromatic carbocycles. The largest absolute Gasteiger partial charge is 0.439 e. The number of carbonyl (C=O) groups excluding carboxylic acids is 1. The summed E-state index contributed by atoms with van der Waals surface area (Å²) in [5.74, 6) is -1.37. The molecular weight excluding hydrogens is 338 g/mol. The summed E-state index contributed by atoms with van der Waals surface area (Å²) in [7, 11) is 1.81. The monoisotopic (exact) mass is 349 g/mol. The van der Waals surface area contributed by atoms with E-state index in [1.807, 2.05) is 31.4 Å². The molecule has 7 nitrogen and oxygen atoms in total. The number of para-hydroxylation sites is 2. The number of oxazole rings is 1. The topological polar surface area (TPSA) is 97.6 Å². The molecule has 0 spiro atoms. The van der Waals surface area contributed by atoms with Gasteiger partial charge < -0.3 is 4.42 Å². The molecule has 0 aliphatic carbocycles. The fourth-order valence-electron chi connectivity index (χ4n) is 2.43. The number of ketones is 1. The van der Waals surface area contributed by atoms with Gasteiger partial charge in [-0.1, -0.05) is 12.1 Å². The second-order valence-electron chi connectivity index (χ2n) is 5.38. The van der Waals surface area contributed by atoms with Crippen LogP contribution in [0.25, 0.3) is 21.7 Å². The molecule has 8 heteroatoms. The van der Waals surface area contributed by atoms with E-state index in [2.05, 4.69) is 15.1 Å². The quantitative estimate of drug-likeness (QED) is 0.525. The number of rotatable bonds is 4. The molecule has 0 radical (unpaired) electrons. The highest BCUT2D eigenvalue weighted by Crippen LogP contribution is 2.29. The Hall–Kier alpha value is -3.31. The van der Waals surface area contributed by atoms with Crippen LogP contribution in [0.3, 0.4) is 0 Å². The molecule has 0 fully saturated rings. The smallest absolute Gasteiger partial charge is 0.220 e. The van der Waals surface area contributed by atoms with Gasteiger partial charge in [0.15, 0.2) is 11.5 Å². The lowest BCUT2D eigenvalue weighted by Gasteiger charge is -2.00. The maximum atomic E-state index is 12.7. The first kappa shape index (κ1) is 15.2. The van der Waals surface area contributed by atoms with Crippen molar-refractivity contribution in [3.05, 3.63) is 53.6 Å². The van der Waals surface area contributed by atoms with Gasteiger partial charge in [-0.25, -0.2) is 9.97 Å². The van der Waals surface area contributed by atoms with Gasteiger partial charge in [-0.15, -0.1) is 11.3 Å². The SMILES string of the molecule is Cn1cc(-c2ncc(C(=O)[C@@H](C#N)c3nc4ccccc4o3)s2)cn1. The summed E-state index contributed by atoms with van der Waals surface area (Å²) in [5, 5.41) is 14.2. The van der Waals surface area contributed by atoms with Crippen molar-refractivity contribution in [1.29, 1.82) is 5.26 Å². The molecule has 0 saturated heterocycles. The van der Waals surface area contributed by atoms with E-state index in [0.29, 0.717) is 21.0 Å². The summed E-state index contributed by atoms with van der Waals surface area (Å²) in [5.41, 5.74) is 1.98. The van der Waals surface area contributed by atoms with E-state index in [1.165, 1.54) is 17.5 Å². The highest BCUT2D eigenvalue weighted by Gasteiger charge is 2.28. The zero-order chi connectivity index (χ0) is 17.4. The van der Waals surface area contributed by atoms with Crippen molar-refractivity contribution in [3.8, 4) is 16.6 Å². The molecule has 122 valence electrons. The van der Waals surface area contributed by atoms with E-state index in [1.54, 1.807) is 23.0 Å². The fourth-order valence-corrected chi connectivity index (χ4v) is 3.30. The van der Waals surface area contributed by atoms with Crippen LogP contribution in [0.15, 0.2) is 47.3 Å². The lowest BCUT2D eigenvalue weighted by atomic mass is 10.1. The van der Waals surface area contributed by atoms with E-state index in [0.717, 1.165) is 5.56 Å². The molecule has 0 unspecified atom stereocenters. The summed E-state index contributed by atoms with van der Waals surface area (Å²) in [6.45, 7) is 0. The lowest BCUT2D eigenvalue weighted by Crippen LogP contribution is -2.10. The summed E-state index contributed by atoms with van der Waals surface area (Å²) >= 11 is 1.22. The molecule has 0 amide bonds. The van der Waals surface area contributed by atoms with Gasteiger partial charge >= 0.3 is 0 Å². The minimum Gasteiger partial charge on any atom is -0.439 e. The minimum atomic E-state index is -1.10. The van der Waals surface area contributed by atoms with Crippen LogP contribution in [0.1, 0.15) is 21.5 Å². The second-order valence-corrected chi connectivity index (χ2v) is 6.41. The molecule has 0 saturated carbocycles. The average molecular weight is 349 g/mol. The molecule has 25 heavy (non-hydrogen) atoms. The van der Waals surface area contributed by atoms with Crippen LogP contribution in [0.5, 0.6) is 0 Å². The molecule has 3 heterocycles. The highest BCUT2D eigenvalue weighted by molar-refractivity contribution is 7.17. The zero-order valence-corrected chi connectivity index (χ0v) is 13.9. The van der Waals surface area contributed by atoms with Gasteiger partial charge in [0, 0.05) is 25.0 Å². The number of thiazole rings is 1. The summed E-state index contributed by atoms with van der Waals surface area (Å²) in [4.78, 5) is 21.6. The minimum absolute atomic E-state index is 0.102. The molecule has 4 aromatic rings. The van der Waals surface area contributed by atoms with Gasteiger partial charge in [-0.05, 0) is 12.1 Å². The van der Waals surface area contributed by atoms with E-state index in [9.17, 15) is 10.1 Å². The van der Waals surface area contributed by atoms with Gasteiger partial charge in [0.1, 0.15) is 10.5 Å². The van der Waals surface area contributed by atoms with Crippen LogP contribution in [0.2, 0.25) is 0 Å². The van der Waals surface area contributed by atoms with Crippen LogP contribution >= 0.6 is 11.3 Å². The van der Waals surface area contributed by atoms with Gasteiger partial charge in [-0.2, -0.15) is 10.4 Å². The first-order chi connectivity index (χ1) is 12.2. The van der Waals surface area contributed by atoms with Crippen molar-refractivity contribution in [2.45, 2.75) is 5.92 Å². The number of aromatic nitrogens is 4. The molecule has 0 bridgehead atoms. The molecule has 4 rings (SSSR count). The number of hydrogen-bond donors (Lipinski definition) is 0. The summed E-state index contributed by atoms with van der Waals surface area (Å²) in [6.07, 6.45) is 4.97. The predicted molar refractivity (Wildman–Crippen MR) is 91.0 cm³/mol. The van der Waals surface area contributed by atoms with Crippen LogP contribution in [0, 0.1) is 11.3 Å². The first-order valence-corrected chi connectivity index (χ1v) is 8.21. The zero-order valence-electron chi connectivity index (χ0n) is 13.1. The third kappa shape index (κ3) is 2.70. The number of aryl methyl sites for hydroxylation is 1. The molecule has 0 aliphatic rings. The molecule has 0 N–H and O–H groups in total. The van der Waals surface area contributed by atoms with Gasteiger partial charge in [0.05, 0.1) is 17.1 Å². The van der Waals surface area contributed by atoms with Crippen molar-refractivity contribution >= 4 is 28.2 Å². The van der Waals surface area contributed by atoms with E-state index < -0.39 is 5.92 Å². The summed E-state index contributed by atoms with van der Waals surface area (Å²) in [6, 6.07) is 9.14. The number of Topliss-reactive ketones (excluding diaryl/α,β-unsaturated/α-hetero) is 1. The Balaban J connectivity index is 1.66. The summed E-state index contributed by atoms with van der Waals surface area (Å²) < 4.78 is 7.24. The van der Waals surface area contributed by atoms with Crippen LogP contribution in [-0.4, -0.2) is 25.5 Å². The molecule has 3 aromatic heterocycles. The fraction of sp³-hybridized carbons (Fsp3) is 0.118. The van der Waals surface area contributed by atoms with Gasteiger partial charge in [-0.3, -0.25) is 9.48 Å². The maximum Gasteiger partial charge on any atom is 0.220 e. The first-order valence-electron chi connectivity index (χ1n) is 7.40. The Labute approximate surface area is 146 Å². The second kappa shape index (κ2) is 5.96.